The second kappa shape index (κ2) is 9.90. The zero-order chi connectivity index (χ0) is 18.2. The molecule has 1 aromatic carbocycles. The molecule has 0 bridgehead atoms. The molecule has 1 amide bonds. The Morgan fingerprint density at radius 1 is 1.28 bits per heavy atom. The third kappa shape index (κ3) is 6.42. The third-order valence-corrected chi connectivity index (χ3v) is 4.64. The summed E-state index contributed by atoms with van der Waals surface area (Å²) in [6, 6.07) is 7.96. The van der Waals surface area contributed by atoms with Crippen LogP contribution in [-0.4, -0.2) is 48.7 Å². The molecular formula is C20H33N3O2. The van der Waals surface area contributed by atoms with Crippen molar-refractivity contribution in [3.63, 3.8) is 0 Å². The first-order valence-electron chi connectivity index (χ1n) is 9.49. The highest BCUT2D eigenvalue weighted by Crippen LogP contribution is 2.15. The number of benzene rings is 1. The van der Waals surface area contributed by atoms with Crippen LogP contribution in [0.2, 0.25) is 0 Å². The predicted molar refractivity (Wildman–Crippen MR) is 102 cm³/mol. The summed E-state index contributed by atoms with van der Waals surface area (Å²) in [7, 11) is 0. The van der Waals surface area contributed by atoms with E-state index in [1.165, 1.54) is 5.56 Å². The average molecular weight is 348 g/mol. The Kier molecular flexibility index (Phi) is 7.88. The largest absolute Gasteiger partial charge is 0.373 e. The molecule has 5 nitrogen and oxygen atoms in total. The summed E-state index contributed by atoms with van der Waals surface area (Å²) in [6.45, 7) is 9.64. The number of rotatable bonds is 8. The van der Waals surface area contributed by atoms with E-state index >= 15 is 0 Å². The van der Waals surface area contributed by atoms with Crippen molar-refractivity contribution < 1.29 is 9.53 Å². The lowest BCUT2D eigenvalue weighted by molar-refractivity contribution is -0.0704. The van der Waals surface area contributed by atoms with Gasteiger partial charge in [-0.2, -0.15) is 0 Å². The second-order valence-corrected chi connectivity index (χ2v) is 7.20. The highest BCUT2D eigenvalue weighted by molar-refractivity contribution is 5.94. The van der Waals surface area contributed by atoms with Crippen LogP contribution in [-0.2, 0) is 11.3 Å². The van der Waals surface area contributed by atoms with Gasteiger partial charge in [0.05, 0.1) is 12.2 Å². The smallest absolute Gasteiger partial charge is 0.251 e. The lowest BCUT2D eigenvalue weighted by atomic mass is 10.1. The molecule has 1 heterocycles. The van der Waals surface area contributed by atoms with Crippen molar-refractivity contribution in [3.8, 4) is 0 Å². The minimum Gasteiger partial charge on any atom is -0.373 e. The molecule has 3 unspecified atom stereocenters. The molecule has 1 fully saturated rings. The predicted octanol–water partition coefficient (Wildman–Crippen LogP) is 2.54. The number of unbranched alkanes of at least 4 members (excludes halogenated alkanes) is 1. The lowest BCUT2D eigenvalue weighted by Crippen LogP contribution is -2.44. The van der Waals surface area contributed by atoms with Crippen LogP contribution in [0, 0.1) is 0 Å². The van der Waals surface area contributed by atoms with Crippen LogP contribution < -0.4 is 11.1 Å². The maximum absolute atomic E-state index is 12.4. The first-order valence-corrected chi connectivity index (χ1v) is 9.49. The monoisotopic (exact) mass is 347 g/mol. The number of nitrogens with two attached hydrogens (primary N) is 1. The fraction of sp³-hybridized carbons (Fsp3) is 0.650. The van der Waals surface area contributed by atoms with Crippen LogP contribution in [0.15, 0.2) is 24.3 Å². The van der Waals surface area contributed by atoms with Gasteiger partial charge in [0.1, 0.15) is 0 Å². The number of amides is 1. The summed E-state index contributed by atoms with van der Waals surface area (Å²) >= 11 is 0. The van der Waals surface area contributed by atoms with Crippen LogP contribution in [0.1, 0.15) is 56.0 Å². The summed E-state index contributed by atoms with van der Waals surface area (Å²) in [4.78, 5) is 14.8. The number of carbonyl (C=O) groups excluding carboxylic acids is 1. The number of carbonyl (C=O) groups is 1. The number of morpholine rings is 1. The van der Waals surface area contributed by atoms with Crippen molar-refractivity contribution in [1.29, 1.82) is 0 Å². The minimum atomic E-state index is -0.0354. The molecule has 1 aliphatic rings. The molecule has 5 heteroatoms. The fourth-order valence-corrected chi connectivity index (χ4v) is 3.40. The Bertz CT molecular complexity index is 522. The van der Waals surface area contributed by atoms with Gasteiger partial charge in [-0.1, -0.05) is 31.9 Å². The van der Waals surface area contributed by atoms with Gasteiger partial charge in [-0.25, -0.2) is 0 Å². The molecule has 1 saturated heterocycles. The maximum Gasteiger partial charge on any atom is 0.251 e. The molecule has 0 saturated carbocycles. The minimum absolute atomic E-state index is 0.0354. The van der Waals surface area contributed by atoms with E-state index in [1.807, 2.05) is 24.3 Å². The van der Waals surface area contributed by atoms with E-state index in [-0.39, 0.29) is 24.2 Å². The van der Waals surface area contributed by atoms with Gasteiger partial charge >= 0.3 is 0 Å². The van der Waals surface area contributed by atoms with Crippen molar-refractivity contribution >= 4 is 5.91 Å². The highest BCUT2D eigenvalue weighted by atomic mass is 16.5. The van der Waals surface area contributed by atoms with Crippen molar-refractivity contribution in [1.82, 2.24) is 10.2 Å². The van der Waals surface area contributed by atoms with Gasteiger partial charge in [-0.3, -0.25) is 9.69 Å². The Morgan fingerprint density at radius 2 is 1.92 bits per heavy atom. The van der Waals surface area contributed by atoms with E-state index in [0.29, 0.717) is 12.1 Å². The summed E-state index contributed by atoms with van der Waals surface area (Å²) in [5.41, 5.74) is 7.68. The van der Waals surface area contributed by atoms with Crippen LogP contribution in [0.25, 0.3) is 0 Å². The van der Waals surface area contributed by atoms with Crippen molar-refractivity contribution in [2.24, 2.45) is 5.73 Å². The van der Waals surface area contributed by atoms with Crippen molar-refractivity contribution in [2.45, 2.75) is 64.8 Å². The number of hydrogen-bond acceptors (Lipinski definition) is 4. The summed E-state index contributed by atoms with van der Waals surface area (Å²) in [5.74, 6) is -0.0354. The van der Waals surface area contributed by atoms with Gasteiger partial charge in [0.15, 0.2) is 0 Å². The topological polar surface area (TPSA) is 67.6 Å². The number of nitrogens with zero attached hydrogens (tertiary/aromatic N) is 1. The Labute approximate surface area is 151 Å². The molecule has 140 valence electrons. The first-order chi connectivity index (χ1) is 12.0. The van der Waals surface area contributed by atoms with Gasteiger partial charge in [0.2, 0.25) is 0 Å². The van der Waals surface area contributed by atoms with Gasteiger partial charge in [-0.15, -0.1) is 0 Å². The van der Waals surface area contributed by atoms with Crippen LogP contribution in [0.3, 0.4) is 0 Å². The van der Waals surface area contributed by atoms with E-state index in [2.05, 4.69) is 31.0 Å². The van der Waals surface area contributed by atoms with Gasteiger partial charge in [0, 0.05) is 37.8 Å². The van der Waals surface area contributed by atoms with E-state index in [4.69, 9.17) is 10.5 Å². The van der Waals surface area contributed by atoms with Crippen LogP contribution >= 0.6 is 0 Å². The van der Waals surface area contributed by atoms with Gasteiger partial charge in [-0.05, 0) is 38.0 Å². The second-order valence-electron chi connectivity index (χ2n) is 7.20. The van der Waals surface area contributed by atoms with E-state index < -0.39 is 0 Å². The molecule has 3 atom stereocenters. The number of nitrogens with one attached hydrogen (secondary N) is 1. The molecule has 0 radical (unpaired) electrons. The molecule has 1 aromatic rings. The summed E-state index contributed by atoms with van der Waals surface area (Å²) < 4.78 is 5.78. The van der Waals surface area contributed by atoms with Crippen molar-refractivity contribution in [2.75, 3.05) is 19.6 Å². The summed E-state index contributed by atoms with van der Waals surface area (Å²) in [5, 5.41) is 3.04. The average Bonchev–Trinajstić information content (AvgIpc) is 2.58. The number of hydrogen-bond donors (Lipinski definition) is 2. The maximum atomic E-state index is 12.4. The molecule has 2 rings (SSSR count). The van der Waals surface area contributed by atoms with Gasteiger partial charge in [0.25, 0.3) is 5.91 Å². The van der Waals surface area contributed by atoms with E-state index in [0.717, 1.165) is 38.9 Å². The Balaban J connectivity index is 1.89. The molecule has 25 heavy (non-hydrogen) atoms. The van der Waals surface area contributed by atoms with Crippen LogP contribution in [0.5, 0.6) is 0 Å². The Hall–Kier alpha value is -1.43. The lowest BCUT2D eigenvalue weighted by Gasteiger charge is -2.35. The van der Waals surface area contributed by atoms with E-state index in [9.17, 15) is 4.79 Å². The van der Waals surface area contributed by atoms with Gasteiger partial charge < -0.3 is 15.8 Å². The first kappa shape index (κ1) is 19.9. The number of ether oxygens (including phenoxy) is 1. The molecule has 1 aliphatic heterocycles. The zero-order valence-electron chi connectivity index (χ0n) is 15.8. The van der Waals surface area contributed by atoms with Crippen LogP contribution in [0.4, 0.5) is 0 Å². The molecular weight excluding hydrogens is 314 g/mol. The molecule has 0 spiro atoms. The zero-order valence-corrected chi connectivity index (χ0v) is 15.8. The van der Waals surface area contributed by atoms with E-state index in [1.54, 1.807) is 0 Å². The third-order valence-electron chi connectivity index (χ3n) is 4.64. The molecule has 0 aliphatic carbocycles. The SMILES string of the molecule is CCCCC(CN)NC(=O)c1ccc(CN2CC(C)OC(C)C2)cc1. The quantitative estimate of drug-likeness (QED) is 0.758. The highest BCUT2D eigenvalue weighted by Gasteiger charge is 2.22. The molecule has 3 N–H and O–H groups in total. The normalized spacial score (nSPS) is 22.6. The van der Waals surface area contributed by atoms with Crippen molar-refractivity contribution in [3.05, 3.63) is 35.4 Å². The Morgan fingerprint density at radius 3 is 2.48 bits per heavy atom. The fourth-order valence-electron chi connectivity index (χ4n) is 3.40. The summed E-state index contributed by atoms with van der Waals surface area (Å²) in [6.07, 6.45) is 3.66. The standard InChI is InChI=1S/C20H33N3O2/c1-4-5-6-19(11-21)22-20(24)18-9-7-17(8-10-18)14-23-12-15(2)25-16(3)13-23/h7-10,15-16,19H,4-6,11-14,21H2,1-3H3,(H,22,24). The molecule has 0 aromatic heterocycles.